The highest BCUT2D eigenvalue weighted by atomic mass is 16.5. The first-order valence-electron chi connectivity index (χ1n) is 6.77. The van der Waals surface area contributed by atoms with E-state index < -0.39 is 0 Å². The van der Waals surface area contributed by atoms with Crippen LogP contribution in [0, 0.1) is 12.8 Å². The van der Waals surface area contributed by atoms with Gasteiger partial charge in [-0.25, -0.2) is 0 Å². The minimum Gasteiger partial charge on any atom is -0.508 e. The van der Waals surface area contributed by atoms with Gasteiger partial charge in [-0.05, 0) is 44.2 Å². The predicted molar refractivity (Wildman–Crippen MR) is 72.8 cm³/mol. The second kappa shape index (κ2) is 6.21. The van der Waals surface area contributed by atoms with Crippen LogP contribution in [0.1, 0.15) is 36.9 Å². The van der Waals surface area contributed by atoms with E-state index in [2.05, 4.69) is 12.2 Å². The van der Waals surface area contributed by atoms with Crippen molar-refractivity contribution >= 4 is 0 Å². The van der Waals surface area contributed by atoms with E-state index in [1.54, 1.807) is 0 Å². The number of benzene rings is 1. The summed E-state index contributed by atoms with van der Waals surface area (Å²) in [7, 11) is 0. The normalized spacial score (nSPS) is 21.8. The maximum Gasteiger partial charge on any atom is 0.120 e. The van der Waals surface area contributed by atoms with Crippen molar-refractivity contribution in [2.75, 3.05) is 19.8 Å². The predicted octanol–water partition coefficient (Wildman–Crippen LogP) is 2.78. The molecule has 0 aliphatic carbocycles. The van der Waals surface area contributed by atoms with E-state index in [1.807, 2.05) is 25.1 Å². The molecule has 1 fully saturated rings. The van der Waals surface area contributed by atoms with Gasteiger partial charge in [-0.3, -0.25) is 0 Å². The molecule has 18 heavy (non-hydrogen) atoms. The molecule has 1 aliphatic heterocycles. The van der Waals surface area contributed by atoms with Crippen molar-refractivity contribution in [1.29, 1.82) is 0 Å². The monoisotopic (exact) mass is 249 g/mol. The lowest BCUT2D eigenvalue weighted by molar-refractivity contribution is 0.0540. The van der Waals surface area contributed by atoms with Crippen LogP contribution < -0.4 is 5.32 Å². The Hall–Kier alpha value is -1.06. The van der Waals surface area contributed by atoms with Crippen LogP contribution in [0.5, 0.6) is 5.75 Å². The zero-order valence-corrected chi connectivity index (χ0v) is 11.3. The van der Waals surface area contributed by atoms with E-state index >= 15 is 0 Å². The van der Waals surface area contributed by atoms with E-state index in [0.29, 0.717) is 11.7 Å². The lowest BCUT2D eigenvalue weighted by atomic mass is 10.0. The molecule has 1 aromatic carbocycles. The highest BCUT2D eigenvalue weighted by Crippen LogP contribution is 2.25. The quantitative estimate of drug-likeness (QED) is 0.862. The standard InChI is InChI=1S/C15H23NO2/c1-11-5-6-14(15(17)8-11)12(2)16-9-13-4-3-7-18-10-13/h5-6,8,12-13,16-17H,3-4,7,9-10H2,1-2H3. The third-order valence-electron chi connectivity index (χ3n) is 3.62. The van der Waals surface area contributed by atoms with Gasteiger partial charge in [0.1, 0.15) is 5.75 Å². The van der Waals surface area contributed by atoms with Gasteiger partial charge in [-0.15, -0.1) is 0 Å². The number of aryl methyl sites for hydroxylation is 1. The largest absolute Gasteiger partial charge is 0.508 e. The number of hydrogen-bond donors (Lipinski definition) is 2. The van der Waals surface area contributed by atoms with Gasteiger partial charge in [-0.2, -0.15) is 0 Å². The summed E-state index contributed by atoms with van der Waals surface area (Å²) in [6, 6.07) is 6.03. The first-order valence-corrected chi connectivity index (χ1v) is 6.77. The van der Waals surface area contributed by atoms with Gasteiger partial charge in [0, 0.05) is 24.8 Å². The molecule has 0 bridgehead atoms. The summed E-state index contributed by atoms with van der Waals surface area (Å²) >= 11 is 0. The van der Waals surface area contributed by atoms with Crippen LogP contribution in [0.15, 0.2) is 18.2 Å². The van der Waals surface area contributed by atoms with Crippen LogP contribution in [-0.2, 0) is 4.74 Å². The highest BCUT2D eigenvalue weighted by Gasteiger charge is 2.16. The summed E-state index contributed by atoms with van der Waals surface area (Å²) < 4.78 is 5.47. The van der Waals surface area contributed by atoms with Crippen LogP contribution in [-0.4, -0.2) is 24.9 Å². The number of rotatable bonds is 4. The van der Waals surface area contributed by atoms with Crippen molar-refractivity contribution < 1.29 is 9.84 Å². The van der Waals surface area contributed by atoms with Crippen LogP contribution in [0.4, 0.5) is 0 Å². The van der Waals surface area contributed by atoms with Crippen LogP contribution in [0.2, 0.25) is 0 Å². The van der Waals surface area contributed by atoms with Gasteiger partial charge in [0.05, 0.1) is 6.61 Å². The Morgan fingerprint density at radius 3 is 3.00 bits per heavy atom. The van der Waals surface area contributed by atoms with Crippen molar-refractivity contribution in [1.82, 2.24) is 5.32 Å². The van der Waals surface area contributed by atoms with Crippen molar-refractivity contribution in [2.45, 2.75) is 32.7 Å². The molecule has 0 amide bonds. The smallest absolute Gasteiger partial charge is 0.120 e. The van der Waals surface area contributed by atoms with E-state index in [9.17, 15) is 5.11 Å². The molecule has 0 radical (unpaired) electrons. The fraction of sp³-hybridized carbons (Fsp3) is 0.600. The number of phenolic OH excluding ortho intramolecular Hbond substituents is 1. The van der Waals surface area contributed by atoms with Gasteiger partial charge in [0.2, 0.25) is 0 Å². The van der Waals surface area contributed by atoms with Gasteiger partial charge in [-0.1, -0.05) is 12.1 Å². The SMILES string of the molecule is Cc1ccc(C(C)NCC2CCCOC2)c(O)c1. The number of ether oxygens (including phenoxy) is 1. The topological polar surface area (TPSA) is 41.5 Å². The lowest BCUT2D eigenvalue weighted by Crippen LogP contribution is -2.30. The third-order valence-corrected chi connectivity index (χ3v) is 3.62. The van der Waals surface area contributed by atoms with Crippen LogP contribution in [0.3, 0.4) is 0 Å². The Balaban J connectivity index is 1.88. The van der Waals surface area contributed by atoms with Crippen LogP contribution in [0.25, 0.3) is 0 Å². The zero-order chi connectivity index (χ0) is 13.0. The average molecular weight is 249 g/mol. The average Bonchev–Trinajstić information content (AvgIpc) is 2.37. The summed E-state index contributed by atoms with van der Waals surface area (Å²) in [5, 5.41) is 13.4. The Bertz CT molecular complexity index is 386. The summed E-state index contributed by atoms with van der Waals surface area (Å²) in [6.45, 7) is 6.80. The van der Waals surface area contributed by atoms with Crippen molar-refractivity contribution in [3.63, 3.8) is 0 Å². The number of phenols is 1. The summed E-state index contributed by atoms with van der Waals surface area (Å²) in [4.78, 5) is 0. The molecule has 1 saturated heterocycles. The van der Waals surface area contributed by atoms with Gasteiger partial charge in [0.15, 0.2) is 0 Å². The first-order chi connectivity index (χ1) is 8.66. The maximum atomic E-state index is 9.93. The molecule has 1 heterocycles. The Morgan fingerprint density at radius 1 is 1.50 bits per heavy atom. The molecule has 0 aromatic heterocycles. The molecule has 3 heteroatoms. The zero-order valence-electron chi connectivity index (χ0n) is 11.3. The Kier molecular flexibility index (Phi) is 4.61. The molecule has 2 rings (SSSR count). The first kappa shape index (κ1) is 13.4. The minimum absolute atomic E-state index is 0.174. The molecular weight excluding hydrogens is 226 g/mol. The molecule has 2 unspecified atom stereocenters. The fourth-order valence-corrected chi connectivity index (χ4v) is 2.44. The lowest BCUT2D eigenvalue weighted by Gasteiger charge is -2.24. The summed E-state index contributed by atoms with van der Waals surface area (Å²) in [5.74, 6) is 0.990. The van der Waals surface area contributed by atoms with Crippen LogP contribution >= 0.6 is 0 Å². The number of aromatic hydroxyl groups is 1. The second-order valence-corrected chi connectivity index (χ2v) is 5.28. The van der Waals surface area contributed by atoms with Gasteiger partial charge in [0.25, 0.3) is 0 Å². The molecule has 0 saturated carbocycles. The molecule has 3 nitrogen and oxygen atoms in total. The minimum atomic E-state index is 0.174. The summed E-state index contributed by atoms with van der Waals surface area (Å²) in [6.07, 6.45) is 2.40. The van der Waals surface area contributed by atoms with E-state index in [0.717, 1.165) is 37.3 Å². The molecular formula is C15H23NO2. The maximum absolute atomic E-state index is 9.93. The number of nitrogens with one attached hydrogen (secondary N) is 1. The molecule has 1 aliphatic rings. The molecule has 2 N–H and O–H groups in total. The van der Waals surface area contributed by atoms with Crippen molar-refractivity contribution in [2.24, 2.45) is 5.92 Å². The van der Waals surface area contributed by atoms with E-state index in [4.69, 9.17) is 4.74 Å². The van der Waals surface area contributed by atoms with Gasteiger partial charge < -0.3 is 15.2 Å². The summed E-state index contributed by atoms with van der Waals surface area (Å²) in [5.41, 5.74) is 2.06. The number of hydrogen-bond acceptors (Lipinski definition) is 3. The Labute approximate surface area is 109 Å². The van der Waals surface area contributed by atoms with Crippen molar-refractivity contribution in [3.05, 3.63) is 29.3 Å². The second-order valence-electron chi connectivity index (χ2n) is 5.28. The molecule has 2 atom stereocenters. The van der Waals surface area contributed by atoms with Gasteiger partial charge >= 0.3 is 0 Å². The highest BCUT2D eigenvalue weighted by molar-refractivity contribution is 5.37. The molecule has 0 spiro atoms. The molecule has 100 valence electrons. The molecule has 1 aromatic rings. The third kappa shape index (κ3) is 3.47. The Morgan fingerprint density at radius 2 is 2.33 bits per heavy atom. The fourth-order valence-electron chi connectivity index (χ4n) is 2.44. The van der Waals surface area contributed by atoms with Crippen molar-refractivity contribution in [3.8, 4) is 5.75 Å². The van der Waals surface area contributed by atoms with E-state index in [-0.39, 0.29) is 6.04 Å². The van der Waals surface area contributed by atoms with E-state index in [1.165, 1.54) is 6.42 Å².